The highest BCUT2D eigenvalue weighted by Gasteiger charge is 2.41. The molecule has 0 radical (unpaired) electrons. The summed E-state index contributed by atoms with van der Waals surface area (Å²) in [6, 6.07) is 3.56. The van der Waals surface area contributed by atoms with E-state index >= 15 is 0 Å². The number of β-amino-alcohol motifs (C(OH)–C–C–N with tert-alkyl or cyclic N) is 1. The second kappa shape index (κ2) is 4.75. The minimum absolute atomic E-state index is 0.0813. The molecule has 92 valence electrons. The predicted molar refractivity (Wildman–Crippen MR) is 64.2 cm³/mol. The Hall–Kier alpha value is -1.55. The number of nitrogens with zero attached hydrogens (tertiary/aromatic N) is 1. The van der Waals surface area contributed by atoms with Gasteiger partial charge in [-0.3, -0.25) is 4.79 Å². The molecule has 1 saturated heterocycles. The zero-order valence-corrected chi connectivity index (χ0v) is 9.93. The third-order valence-electron chi connectivity index (χ3n) is 2.93. The highest BCUT2D eigenvalue weighted by atomic mass is 16.3. The Morgan fingerprint density at radius 2 is 2.41 bits per heavy atom. The highest BCUT2D eigenvalue weighted by Crippen LogP contribution is 2.25. The lowest BCUT2D eigenvalue weighted by Gasteiger charge is -2.46. The van der Waals surface area contributed by atoms with Crippen LogP contribution in [0.3, 0.4) is 0 Å². The predicted octanol–water partition coefficient (Wildman–Crippen LogP) is 1.67. The Kier molecular flexibility index (Phi) is 3.33. The Morgan fingerprint density at radius 1 is 1.65 bits per heavy atom. The number of amides is 1. The molecule has 1 aliphatic heterocycles. The van der Waals surface area contributed by atoms with Crippen LogP contribution in [0.2, 0.25) is 0 Å². The average Bonchev–Trinajstić information content (AvgIpc) is 2.75. The van der Waals surface area contributed by atoms with E-state index in [-0.39, 0.29) is 5.91 Å². The van der Waals surface area contributed by atoms with Gasteiger partial charge in [0.2, 0.25) is 5.91 Å². The van der Waals surface area contributed by atoms with Gasteiger partial charge in [-0.25, -0.2) is 0 Å². The van der Waals surface area contributed by atoms with Crippen LogP contribution in [0.5, 0.6) is 0 Å². The van der Waals surface area contributed by atoms with E-state index in [0.717, 1.165) is 12.8 Å². The fourth-order valence-corrected chi connectivity index (χ4v) is 2.09. The molecule has 1 fully saturated rings. The normalized spacial score (nSPS) is 18.4. The second-order valence-electron chi connectivity index (χ2n) is 4.52. The summed E-state index contributed by atoms with van der Waals surface area (Å²) in [7, 11) is 0. The number of furan rings is 1. The van der Waals surface area contributed by atoms with E-state index in [4.69, 9.17) is 4.42 Å². The Bertz CT molecular complexity index is 402. The smallest absolute Gasteiger partial charge is 0.246 e. The van der Waals surface area contributed by atoms with Crippen molar-refractivity contribution in [1.82, 2.24) is 4.90 Å². The van der Waals surface area contributed by atoms with E-state index in [0.29, 0.717) is 18.8 Å². The fourth-order valence-electron chi connectivity index (χ4n) is 2.09. The SMILES string of the molecule is CCCC1(O)CN(C(=O)C=Cc2ccco2)C1. The number of carbonyl (C=O) groups excluding carboxylic acids is 1. The lowest BCUT2D eigenvalue weighted by atomic mass is 9.89. The van der Waals surface area contributed by atoms with Gasteiger partial charge in [0.05, 0.1) is 25.0 Å². The quantitative estimate of drug-likeness (QED) is 0.808. The van der Waals surface area contributed by atoms with Crippen LogP contribution < -0.4 is 0 Å². The van der Waals surface area contributed by atoms with Gasteiger partial charge < -0.3 is 14.4 Å². The van der Waals surface area contributed by atoms with Crippen LogP contribution in [0.1, 0.15) is 25.5 Å². The summed E-state index contributed by atoms with van der Waals surface area (Å²) >= 11 is 0. The van der Waals surface area contributed by atoms with Crippen molar-refractivity contribution in [2.75, 3.05) is 13.1 Å². The molecule has 4 nitrogen and oxygen atoms in total. The molecule has 1 aromatic rings. The Balaban J connectivity index is 1.83. The second-order valence-corrected chi connectivity index (χ2v) is 4.52. The van der Waals surface area contributed by atoms with E-state index in [1.54, 1.807) is 29.4 Å². The van der Waals surface area contributed by atoms with Crippen molar-refractivity contribution >= 4 is 12.0 Å². The van der Waals surface area contributed by atoms with Gasteiger partial charge in [0, 0.05) is 6.08 Å². The maximum Gasteiger partial charge on any atom is 0.246 e. The van der Waals surface area contributed by atoms with Crippen molar-refractivity contribution in [2.24, 2.45) is 0 Å². The summed E-state index contributed by atoms with van der Waals surface area (Å²) in [5, 5.41) is 9.95. The molecular weight excluding hydrogens is 218 g/mol. The highest BCUT2D eigenvalue weighted by molar-refractivity contribution is 5.92. The van der Waals surface area contributed by atoms with Crippen LogP contribution in [-0.2, 0) is 4.79 Å². The molecule has 4 heteroatoms. The van der Waals surface area contributed by atoms with Crippen LogP contribution in [0, 0.1) is 0 Å². The van der Waals surface area contributed by atoms with Crippen LogP contribution in [0.4, 0.5) is 0 Å². The van der Waals surface area contributed by atoms with Crippen LogP contribution in [0.15, 0.2) is 28.9 Å². The van der Waals surface area contributed by atoms with Crippen molar-refractivity contribution in [3.63, 3.8) is 0 Å². The molecule has 0 atom stereocenters. The number of aliphatic hydroxyl groups is 1. The Morgan fingerprint density at radius 3 is 3.00 bits per heavy atom. The topological polar surface area (TPSA) is 53.7 Å². The van der Waals surface area contributed by atoms with E-state index in [9.17, 15) is 9.90 Å². The fraction of sp³-hybridized carbons (Fsp3) is 0.462. The molecule has 0 spiro atoms. The van der Waals surface area contributed by atoms with Gasteiger partial charge in [-0.15, -0.1) is 0 Å². The number of rotatable bonds is 4. The summed E-state index contributed by atoms with van der Waals surface area (Å²) < 4.78 is 5.09. The molecule has 2 heterocycles. The maximum absolute atomic E-state index is 11.7. The molecule has 1 aromatic heterocycles. The minimum atomic E-state index is -0.664. The first-order valence-corrected chi connectivity index (χ1v) is 5.86. The van der Waals surface area contributed by atoms with E-state index in [1.165, 1.54) is 6.08 Å². The van der Waals surface area contributed by atoms with E-state index in [2.05, 4.69) is 0 Å². The number of carbonyl (C=O) groups is 1. The van der Waals surface area contributed by atoms with Crippen molar-refractivity contribution in [2.45, 2.75) is 25.4 Å². The third-order valence-corrected chi connectivity index (χ3v) is 2.93. The van der Waals surface area contributed by atoms with Crippen molar-refractivity contribution in [3.05, 3.63) is 30.2 Å². The summed E-state index contributed by atoms with van der Waals surface area (Å²) in [4.78, 5) is 13.3. The van der Waals surface area contributed by atoms with Crippen molar-refractivity contribution in [1.29, 1.82) is 0 Å². The maximum atomic E-state index is 11.7. The first kappa shape index (κ1) is 11.9. The molecule has 1 aliphatic rings. The number of hydrogen-bond donors (Lipinski definition) is 1. The van der Waals surface area contributed by atoms with Crippen molar-refractivity contribution in [3.8, 4) is 0 Å². The first-order chi connectivity index (χ1) is 8.13. The van der Waals surface area contributed by atoms with Gasteiger partial charge in [-0.1, -0.05) is 13.3 Å². The van der Waals surface area contributed by atoms with Gasteiger partial charge in [-0.2, -0.15) is 0 Å². The van der Waals surface area contributed by atoms with Crippen LogP contribution >= 0.6 is 0 Å². The number of hydrogen-bond acceptors (Lipinski definition) is 3. The van der Waals surface area contributed by atoms with Gasteiger partial charge in [0.25, 0.3) is 0 Å². The molecule has 2 rings (SSSR count). The largest absolute Gasteiger partial charge is 0.465 e. The molecule has 1 amide bonds. The Labute approximate surface area is 101 Å². The molecule has 0 saturated carbocycles. The third kappa shape index (κ3) is 2.77. The minimum Gasteiger partial charge on any atom is -0.465 e. The monoisotopic (exact) mass is 235 g/mol. The molecule has 1 N–H and O–H groups in total. The van der Waals surface area contributed by atoms with Crippen LogP contribution in [0.25, 0.3) is 6.08 Å². The molecule has 0 bridgehead atoms. The van der Waals surface area contributed by atoms with E-state index in [1.807, 2.05) is 6.92 Å². The van der Waals surface area contributed by atoms with E-state index < -0.39 is 5.60 Å². The molecule has 0 aromatic carbocycles. The average molecular weight is 235 g/mol. The van der Waals surface area contributed by atoms with Gasteiger partial charge in [-0.05, 0) is 24.6 Å². The van der Waals surface area contributed by atoms with Gasteiger partial charge in [0.15, 0.2) is 0 Å². The molecular formula is C13H17NO3. The summed E-state index contributed by atoms with van der Waals surface area (Å²) in [5.41, 5.74) is -0.664. The standard InChI is InChI=1S/C13H17NO3/c1-2-7-13(16)9-14(10-13)12(15)6-5-11-4-3-8-17-11/h3-6,8,16H,2,7,9-10H2,1H3. The summed E-state index contributed by atoms with van der Waals surface area (Å²) in [5.74, 6) is 0.574. The summed E-state index contributed by atoms with van der Waals surface area (Å²) in [6.45, 7) is 2.89. The molecule has 17 heavy (non-hydrogen) atoms. The molecule has 0 aliphatic carbocycles. The zero-order valence-electron chi connectivity index (χ0n) is 9.93. The lowest BCUT2D eigenvalue weighted by molar-refractivity contribution is -0.151. The summed E-state index contributed by atoms with van der Waals surface area (Å²) in [6.07, 6.45) is 6.36. The van der Waals surface area contributed by atoms with Gasteiger partial charge in [0.1, 0.15) is 5.76 Å². The van der Waals surface area contributed by atoms with Crippen molar-refractivity contribution < 1.29 is 14.3 Å². The van der Waals surface area contributed by atoms with Gasteiger partial charge >= 0.3 is 0 Å². The lowest BCUT2D eigenvalue weighted by Crippen LogP contribution is -2.63. The zero-order chi connectivity index (χ0) is 12.3. The first-order valence-electron chi connectivity index (χ1n) is 5.86. The number of likely N-dealkylation sites (tertiary alicyclic amines) is 1. The molecule has 0 unspecified atom stereocenters. The van der Waals surface area contributed by atoms with Crippen LogP contribution in [-0.4, -0.2) is 34.6 Å².